The molecule has 0 radical (unpaired) electrons. The zero-order valence-corrected chi connectivity index (χ0v) is 20.6. The van der Waals surface area contributed by atoms with Crippen LogP contribution in [0.1, 0.15) is 0 Å². The predicted molar refractivity (Wildman–Crippen MR) is 134 cm³/mol. The molecule has 8 nitrogen and oxygen atoms in total. The first-order valence-corrected chi connectivity index (χ1v) is 13.3. The van der Waals surface area contributed by atoms with Gasteiger partial charge >= 0.3 is 6.03 Å². The third-order valence-corrected chi connectivity index (χ3v) is 8.84. The maximum absolute atomic E-state index is 13.1. The largest absolute Gasteiger partial charge is 0.333 e. The summed E-state index contributed by atoms with van der Waals surface area (Å²) in [7, 11) is -4.08. The Labute approximate surface area is 210 Å². The lowest BCUT2D eigenvalue weighted by Gasteiger charge is -2.10. The molecule has 170 valence electrons. The van der Waals surface area contributed by atoms with Gasteiger partial charge < -0.3 is 5.32 Å². The van der Waals surface area contributed by atoms with Gasteiger partial charge in [-0.05, 0) is 48.5 Å². The minimum Gasteiger partial charge on any atom is -0.307 e. The van der Waals surface area contributed by atoms with E-state index in [1.807, 2.05) is 4.72 Å². The molecule has 3 heterocycles. The van der Waals surface area contributed by atoms with Gasteiger partial charge in [0.1, 0.15) is 4.21 Å². The molecule has 5 aromatic rings. The van der Waals surface area contributed by atoms with Crippen molar-refractivity contribution in [3.63, 3.8) is 0 Å². The van der Waals surface area contributed by atoms with Crippen molar-refractivity contribution in [2.24, 2.45) is 0 Å². The monoisotopic (exact) mass is 548 g/mol. The number of aromatic nitrogens is 2. The molecule has 3 aromatic heterocycles. The minimum atomic E-state index is -4.08. The second kappa shape index (κ2) is 8.57. The Bertz CT molecular complexity index is 1760. The van der Waals surface area contributed by atoms with E-state index in [0.29, 0.717) is 16.5 Å². The van der Waals surface area contributed by atoms with Gasteiger partial charge in [-0.2, -0.15) is 0 Å². The fraction of sp³-hybridized carbons (Fsp3) is 0. The van der Waals surface area contributed by atoms with Crippen molar-refractivity contribution in [1.82, 2.24) is 14.3 Å². The Morgan fingerprint density at radius 2 is 1.94 bits per heavy atom. The molecule has 0 saturated carbocycles. The number of hydrogen-bond acceptors (Lipinski definition) is 7. The fourth-order valence-electron chi connectivity index (χ4n) is 3.18. The summed E-state index contributed by atoms with van der Waals surface area (Å²) in [6.45, 7) is 0. The maximum Gasteiger partial charge on any atom is 0.333 e. The number of urea groups is 1. The van der Waals surface area contributed by atoms with E-state index in [2.05, 4.69) is 22.6 Å². The molecule has 0 atom stereocenters. The van der Waals surface area contributed by atoms with Gasteiger partial charge in [-0.3, -0.25) is 4.79 Å². The molecule has 0 aliphatic carbocycles. The summed E-state index contributed by atoms with van der Waals surface area (Å²) in [5.74, 6) is 0. The quantitative estimate of drug-likeness (QED) is 0.325. The van der Waals surface area contributed by atoms with E-state index in [4.69, 9.17) is 23.2 Å². The Morgan fingerprint density at radius 1 is 1.12 bits per heavy atom. The summed E-state index contributed by atoms with van der Waals surface area (Å²) >= 11 is 14.4. The lowest BCUT2D eigenvalue weighted by molar-refractivity contribution is 0.256. The molecular formula is C21H10Cl2N4O4S3. The van der Waals surface area contributed by atoms with Crippen molar-refractivity contribution in [3.05, 3.63) is 80.0 Å². The minimum absolute atomic E-state index is 0.0981. The van der Waals surface area contributed by atoms with E-state index in [-0.39, 0.29) is 24.8 Å². The predicted octanol–water partition coefficient (Wildman–Crippen LogP) is 5.08. The highest BCUT2D eigenvalue weighted by atomic mass is 35.5. The molecule has 13 heteroatoms. The number of benzene rings is 2. The molecule has 0 aliphatic rings. The van der Waals surface area contributed by atoms with E-state index >= 15 is 0 Å². The van der Waals surface area contributed by atoms with Crippen molar-refractivity contribution in [3.8, 4) is 5.69 Å². The number of carbonyl (C=O) groups is 1. The van der Waals surface area contributed by atoms with E-state index in [9.17, 15) is 18.0 Å². The van der Waals surface area contributed by atoms with Crippen LogP contribution in [-0.4, -0.2) is 24.0 Å². The summed E-state index contributed by atoms with van der Waals surface area (Å²) < 4.78 is 28.7. The Morgan fingerprint density at radius 3 is 2.68 bits per heavy atom. The average Bonchev–Trinajstić information content (AvgIpc) is 3.42. The summed E-state index contributed by atoms with van der Waals surface area (Å²) in [6, 6.07) is 12.6. The number of fused-ring (bicyclic) bond motifs is 2. The van der Waals surface area contributed by atoms with Gasteiger partial charge in [0, 0.05) is 17.3 Å². The smallest absolute Gasteiger partial charge is 0.307 e. The van der Waals surface area contributed by atoms with E-state index in [1.165, 1.54) is 46.2 Å². The van der Waals surface area contributed by atoms with Gasteiger partial charge in [-0.1, -0.05) is 23.2 Å². The number of nitrogens with zero attached hydrogens (tertiary/aromatic N) is 2. The van der Waals surface area contributed by atoms with Gasteiger partial charge in [0.2, 0.25) is 0 Å². The Balaban J connectivity index is 1.41. The zero-order chi connectivity index (χ0) is 24.0. The van der Waals surface area contributed by atoms with Crippen LogP contribution in [0.25, 0.3) is 26.7 Å². The molecule has 0 fully saturated rings. The van der Waals surface area contributed by atoms with Gasteiger partial charge in [0.05, 0.1) is 36.2 Å². The van der Waals surface area contributed by atoms with Crippen LogP contribution in [-0.2, 0) is 10.0 Å². The number of carbonyl (C=O) groups excluding carboxylic acids is 1. The Kier molecular flexibility index (Phi) is 5.71. The third-order valence-electron chi connectivity index (χ3n) is 4.69. The first-order valence-electron chi connectivity index (χ1n) is 9.33. The number of rotatable bonds is 4. The van der Waals surface area contributed by atoms with Gasteiger partial charge in [0.15, 0.2) is 0 Å². The molecule has 2 aromatic carbocycles. The van der Waals surface area contributed by atoms with Gasteiger partial charge in [-0.15, -0.1) is 22.7 Å². The van der Waals surface area contributed by atoms with E-state index in [1.54, 1.807) is 17.6 Å². The van der Waals surface area contributed by atoms with E-state index < -0.39 is 16.1 Å². The molecule has 2 amide bonds. The van der Waals surface area contributed by atoms with Crippen LogP contribution >= 0.6 is 45.9 Å². The van der Waals surface area contributed by atoms with Crippen LogP contribution in [0.4, 0.5) is 10.5 Å². The summed E-state index contributed by atoms with van der Waals surface area (Å²) in [5.41, 5.74) is 2.67. The van der Waals surface area contributed by atoms with Crippen LogP contribution in [0.2, 0.25) is 9.36 Å². The molecule has 0 spiro atoms. The molecule has 0 bridgehead atoms. The standard InChI is InChI=1S/C21H10Cl2N4O4S3/c22-14-8-12(25-21(29)26-34(30,31)19-4-3-18(23)33-19)1-2-16(14)27-6-5-11-7-15-17(32-10-24-15)9-13(11)20(27)28/h1-4,7-10H,(H2,25,26,29). The Hall–Kier alpha value is -3.14. The zero-order valence-electron chi connectivity index (χ0n) is 16.6. The summed E-state index contributed by atoms with van der Waals surface area (Å²) in [6.07, 6.45) is 2.79. The molecule has 0 unspecified atom stereocenters. The van der Waals surface area contributed by atoms with Gasteiger partial charge in [0.25, 0.3) is 15.6 Å². The highest BCUT2D eigenvalue weighted by Crippen LogP contribution is 2.27. The molecule has 2 N–H and O–H groups in total. The molecule has 0 aliphatic heterocycles. The van der Waals surface area contributed by atoms with Crippen molar-refractivity contribution in [2.75, 3.05) is 5.32 Å². The summed E-state index contributed by atoms with van der Waals surface area (Å²) in [4.78, 5) is 29.5. The van der Waals surface area contributed by atoms with Crippen LogP contribution < -0.4 is 15.6 Å². The van der Waals surface area contributed by atoms with Crippen LogP contribution in [0.5, 0.6) is 0 Å². The molecule has 0 saturated heterocycles. The number of thiazole rings is 1. The fourth-order valence-corrected chi connectivity index (χ4v) is 6.53. The highest BCUT2D eigenvalue weighted by molar-refractivity contribution is 7.92. The number of nitrogens with one attached hydrogen (secondary N) is 2. The first kappa shape index (κ1) is 22.6. The van der Waals surface area contributed by atoms with Crippen LogP contribution in [0.15, 0.2) is 57.0 Å². The average molecular weight is 549 g/mol. The first-order chi connectivity index (χ1) is 16.2. The lowest BCUT2D eigenvalue weighted by Crippen LogP contribution is -2.33. The number of sulfonamides is 1. The topological polar surface area (TPSA) is 110 Å². The van der Waals surface area contributed by atoms with Gasteiger partial charge in [-0.25, -0.2) is 27.5 Å². The number of halogens is 2. The van der Waals surface area contributed by atoms with Crippen molar-refractivity contribution in [1.29, 1.82) is 0 Å². The number of amides is 2. The van der Waals surface area contributed by atoms with Crippen LogP contribution in [0.3, 0.4) is 0 Å². The molecule has 5 rings (SSSR count). The number of thiophene rings is 1. The number of hydrogen-bond donors (Lipinski definition) is 2. The summed E-state index contributed by atoms with van der Waals surface area (Å²) in [5, 5.41) is 3.56. The van der Waals surface area contributed by atoms with Crippen molar-refractivity contribution in [2.45, 2.75) is 4.21 Å². The van der Waals surface area contributed by atoms with Crippen molar-refractivity contribution < 1.29 is 13.2 Å². The SMILES string of the molecule is O=C(Nc1ccc(-n2c#cc3cc4ncsc4cc3c2=O)c(Cl)c1)NS(=O)(=O)c1ccc(Cl)s1. The number of anilines is 1. The molecule has 34 heavy (non-hydrogen) atoms. The van der Waals surface area contributed by atoms with E-state index in [0.717, 1.165) is 21.6 Å². The second-order valence-electron chi connectivity index (χ2n) is 6.88. The van der Waals surface area contributed by atoms with Crippen LogP contribution in [0, 0.1) is 12.3 Å². The lowest BCUT2D eigenvalue weighted by atomic mass is 10.2. The normalized spacial score (nSPS) is 11.5. The third kappa shape index (κ3) is 4.22. The molecular weight excluding hydrogens is 539 g/mol. The van der Waals surface area contributed by atoms with Crippen molar-refractivity contribution >= 4 is 88.6 Å². The highest BCUT2D eigenvalue weighted by Gasteiger charge is 2.20. The second-order valence-corrected chi connectivity index (χ2v) is 11.8. The maximum atomic E-state index is 13.1.